The second-order valence-corrected chi connectivity index (χ2v) is 3.76. The molecule has 0 aliphatic rings. The van der Waals surface area contributed by atoms with Crippen LogP contribution in [0.1, 0.15) is 17.3 Å². The minimum atomic E-state index is -1.06. The molecule has 98 valence electrons. The summed E-state index contributed by atoms with van der Waals surface area (Å²) in [6.07, 6.45) is -0.129. The first kappa shape index (κ1) is 12.7. The molecule has 1 aromatic heterocycles. The Morgan fingerprint density at radius 1 is 1.37 bits per heavy atom. The van der Waals surface area contributed by atoms with Gasteiger partial charge in [0.15, 0.2) is 0 Å². The summed E-state index contributed by atoms with van der Waals surface area (Å²) in [7, 11) is 0. The highest BCUT2D eigenvalue weighted by molar-refractivity contribution is 5.68. The van der Waals surface area contributed by atoms with Gasteiger partial charge in [-0.3, -0.25) is 14.9 Å². The molecule has 8 nitrogen and oxygen atoms in total. The molecule has 0 bridgehead atoms. The molecule has 8 heteroatoms. The Balaban J connectivity index is 2.12. The average Bonchev–Trinajstić information content (AvgIpc) is 2.76. The molecule has 0 amide bonds. The number of hydrogen-bond acceptors (Lipinski definition) is 6. The van der Waals surface area contributed by atoms with Crippen LogP contribution < -0.4 is 0 Å². The summed E-state index contributed by atoms with van der Waals surface area (Å²) in [5.74, 6) is -0.838. The Hall–Kier alpha value is -2.77. The van der Waals surface area contributed by atoms with Crippen LogP contribution in [0.4, 0.5) is 5.69 Å². The van der Waals surface area contributed by atoms with Crippen molar-refractivity contribution in [3.63, 3.8) is 0 Å². The second-order valence-electron chi connectivity index (χ2n) is 3.76. The third-order valence-electron chi connectivity index (χ3n) is 2.29. The van der Waals surface area contributed by atoms with Crippen LogP contribution in [0.3, 0.4) is 0 Å². The van der Waals surface area contributed by atoms with Crippen LogP contribution in [-0.2, 0) is 17.6 Å². The van der Waals surface area contributed by atoms with Crippen molar-refractivity contribution in [2.24, 2.45) is 0 Å². The number of nitrogens with zero attached hydrogens (tertiary/aromatic N) is 3. The molecule has 0 aliphatic carbocycles. The van der Waals surface area contributed by atoms with Crippen LogP contribution in [0.2, 0.25) is 0 Å². The van der Waals surface area contributed by atoms with E-state index in [1.807, 2.05) is 0 Å². The quantitative estimate of drug-likeness (QED) is 0.635. The zero-order chi connectivity index (χ0) is 13.8. The van der Waals surface area contributed by atoms with Gasteiger partial charge in [0.05, 0.1) is 11.3 Å². The molecule has 1 N–H and O–H groups in total. The van der Waals surface area contributed by atoms with Crippen LogP contribution >= 0.6 is 0 Å². The first-order valence-electron chi connectivity index (χ1n) is 5.31. The maximum absolute atomic E-state index is 10.6. The summed E-state index contributed by atoms with van der Waals surface area (Å²) >= 11 is 0. The predicted octanol–water partition coefficient (Wildman–Crippen LogP) is 1.20. The number of carbonyl (C=O) groups is 1. The first-order chi connectivity index (χ1) is 9.04. The predicted molar refractivity (Wildman–Crippen MR) is 61.5 cm³/mol. The number of nitro benzene ring substituents is 1. The van der Waals surface area contributed by atoms with Crippen LogP contribution in [-0.4, -0.2) is 26.2 Å². The molecule has 0 spiro atoms. The van der Waals surface area contributed by atoms with Gasteiger partial charge in [0.2, 0.25) is 11.8 Å². The summed E-state index contributed by atoms with van der Waals surface area (Å²) in [5.41, 5.74) is 0.613. The topological polar surface area (TPSA) is 119 Å². The van der Waals surface area contributed by atoms with E-state index in [-0.39, 0.29) is 30.3 Å². The lowest BCUT2D eigenvalue weighted by Crippen LogP contribution is -1.99. The summed E-state index contributed by atoms with van der Waals surface area (Å²) in [6, 6.07) is 6.03. The van der Waals surface area contributed by atoms with Gasteiger partial charge >= 0.3 is 5.97 Å². The van der Waals surface area contributed by atoms with Crippen molar-refractivity contribution < 1.29 is 19.2 Å². The number of aliphatic carboxylic acids is 1. The Morgan fingerprint density at radius 2 is 2.11 bits per heavy atom. The van der Waals surface area contributed by atoms with Crippen LogP contribution in [0.15, 0.2) is 28.7 Å². The van der Waals surface area contributed by atoms with Gasteiger partial charge in [-0.05, 0) is 5.56 Å². The first-order valence-corrected chi connectivity index (χ1v) is 5.31. The Kier molecular flexibility index (Phi) is 3.51. The van der Waals surface area contributed by atoms with Crippen molar-refractivity contribution in [1.82, 2.24) is 10.2 Å². The van der Waals surface area contributed by atoms with Crippen molar-refractivity contribution in [3.05, 3.63) is 51.7 Å². The van der Waals surface area contributed by atoms with Gasteiger partial charge in [0.25, 0.3) is 5.69 Å². The zero-order valence-corrected chi connectivity index (χ0v) is 9.65. The van der Waals surface area contributed by atoms with E-state index in [9.17, 15) is 14.9 Å². The number of rotatable bonds is 5. The van der Waals surface area contributed by atoms with E-state index in [4.69, 9.17) is 9.52 Å². The van der Waals surface area contributed by atoms with E-state index in [0.717, 1.165) is 0 Å². The summed E-state index contributed by atoms with van der Waals surface area (Å²) < 4.78 is 5.13. The molecule has 2 rings (SSSR count). The largest absolute Gasteiger partial charge is 0.481 e. The summed E-state index contributed by atoms with van der Waals surface area (Å²) in [4.78, 5) is 20.6. The van der Waals surface area contributed by atoms with Crippen LogP contribution in [0, 0.1) is 10.1 Å². The van der Waals surface area contributed by atoms with Gasteiger partial charge in [0, 0.05) is 12.1 Å². The van der Waals surface area contributed by atoms with Crippen molar-refractivity contribution in [2.75, 3.05) is 0 Å². The van der Waals surface area contributed by atoms with E-state index >= 15 is 0 Å². The summed E-state index contributed by atoms with van der Waals surface area (Å²) in [6.45, 7) is 0. The van der Waals surface area contributed by atoms with Crippen molar-refractivity contribution in [1.29, 1.82) is 0 Å². The monoisotopic (exact) mass is 263 g/mol. The molecule has 0 saturated carbocycles. The SMILES string of the molecule is O=C(O)Cc1nnc(Cc2cccc([N+](=O)[O-])c2)o1. The normalized spacial score (nSPS) is 10.3. The van der Waals surface area contributed by atoms with Crippen molar-refractivity contribution >= 4 is 11.7 Å². The second kappa shape index (κ2) is 5.25. The fourth-order valence-electron chi connectivity index (χ4n) is 1.52. The van der Waals surface area contributed by atoms with Gasteiger partial charge in [-0.1, -0.05) is 12.1 Å². The lowest BCUT2D eigenvalue weighted by molar-refractivity contribution is -0.384. The number of nitro groups is 1. The molecular weight excluding hydrogens is 254 g/mol. The number of non-ortho nitro benzene ring substituents is 1. The third kappa shape index (κ3) is 3.35. The van der Waals surface area contributed by atoms with E-state index in [0.29, 0.717) is 5.56 Å². The molecular formula is C11H9N3O5. The molecule has 1 heterocycles. The number of carboxylic acids is 1. The minimum absolute atomic E-state index is 0.00734. The Bertz CT molecular complexity index is 622. The van der Waals surface area contributed by atoms with E-state index < -0.39 is 10.9 Å². The van der Waals surface area contributed by atoms with Gasteiger partial charge in [-0.2, -0.15) is 0 Å². The minimum Gasteiger partial charge on any atom is -0.481 e. The lowest BCUT2D eigenvalue weighted by Gasteiger charge is -1.96. The molecule has 1 aromatic carbocycles. The van der Waals surface area contributed by atoms with Gasteiger partial charge in [-0.25, -0.2) is 0 Å². The molecule has 0 saturated heterocycles. The Morgan fingerprint density at radius 3 is 2.79 bits per heavy atom. The maximum Gasteiger partial charge on any atom is 0.312 e. The van der Waals surface area contributed by atoms with E-state index in [1.54, 1.807) is 12.1 Å². The standard InChI is InChI=1S/C11H9N3O5/c15-11(16)6-10-13-12-9(19-10)5-7-2-1-3-8(4-7)14(17)18/h1-4H,5-6H2,(H,15,16). The van der Waals surface area contributed by atoms with Gasteiger partial charge in [-0.15, -0.1) is 10.2 Å². The van der Waals surface area contributed by atoms with E-state index in [1.165, 1.54) is 12.1 Å². The zero-order valence-electron chi connectivity index (χ0n) is 9.65. The molecule has 0 radical (unpaired) electrons. The highest BCUT2D eigenvalue weighted by Crippen LogP contribution is 2.16. The van der Waals surface area contributed by atoms with Crippen LogP contribution in [0.25, 0.3) is 0 Å². The molecule has 0 fully saturated rings. The van der Waals surface area contributed by atoms with Gasteiger partial charge in [0.1, 0.15) is 6.42 Å². The molecule has 2 aromatic rings. The van der Waals surface area contributed by atoms with Crippen molar-refractivity contribution in [3.8, 4) is 0 Å². The molecule has 0 unspecified atom stereocenters. The highest BCUT2D eigenvalue weighted by atomic mass is 16.6. The lowest BCUT2D eigenvalue weighted by atomic mass is 10.1. The number of hydrogen-bond donors (Lipinski definition) is 1. The third-order valence-corrected chi connectivity index (χ3v) is 2.29. The average molecular weight is 263 g/mol. The van der Waals surface area contributed by atoms with Gasteiger partial charge < -0.3 is 9.52 Å². The van der Waals surface area contributed by atoms with Crippen molar-refractivity contribution in [2.45, 2.75) is 12.8 Å². The summed E-state index contributed by atoms with van der Waals surface area (Å²) in [5, 5.41) is 26.4. The molecule has 0 atom stereocenters. The number of aromatic nitrogens is 2. The van der Waals surface area contributed by atoms with Crippen LogP contribution in [0.5, 0.6) is 0 Å². The fourth-order valence-corrected chi connectivity index (χ4v) is 1.52. The smallest absolute Gasteiger partial charge is 0.312 e. The molecule has 19 heavy (non-hydrogen) atoms. The Labute approximate surface area is 106 Å². The number of carboxylic acid groups (broad SMARTS) is 1. The fraction of sp³-hybridized carbons (Fsp3) is 0.182. The maximum atomic E-state index is 10.6. The number of benzene rings is 1. The van der Waals surface area contributed by atoms with E-state index in [2.05, 4.69) is 10.2 Å². The molecule has 0 aliphatic heterocycles. The highest BCUT2D eigenvalue weighted by Gasteiger charge is 2.12.